The Bertz CT molecular complexity index is 692. The highest BCUT2D eigenvalue weighted by Crippen LogP contribution is 2.29. The highest BCUT2D eigenvalue weighted by atomic mass is 79.9. The van der Waals surface area contributed by atoms with Crippen LogP contribution in [0.25, 0.3) is 0 Å². The Balaban J connectivity index is 2.19. The van der Waals surface area contributed by atoms with Gasteiger partial charge < -0.3 is 0 Å². The van der Waals surface area contributed by atoms with Gasteiger partial charge in [-0.25, -0.2) is 13.1 Å². The number of nitrogens with one attached hydrogen (secondary N) is 1. The Morgan fingerprint density at radius 2 is 1.95 bits per heavy atom. The summed E-state index contributed by atoms with van der Waals surface area (Å²) in [5, 5.41) is 0. The monoisotopic (exact) mass is 359 g/mol. The summed E-state index contributed by atoms with van der Waals surface area (Å²) in [6.07, 6.45) is 0. The van der Waals surface area contributed by atoms with Crippen LogP contribution < -0.4 is 4.72 Å². The molecule has 0 saturated heterocycles. The molecule has 1 aromatic heterocycles. The molecule has 0 fully saturated rings. The molecule has 0 spiro atoms. The van der Waals surface area contributed by atoms with E-state index in [0.717, 1.165) is 19.8 Å². The Labute approximate surface area is 125 Å². The zero-order chi connectivity index (χ0) is 14.0. The third kappa shape index (κ3) is 3.45. The maximum Gasteiger partial charge on any atom is 0.242 e. The van der Waals surface area contributed by atoms with Gasteiger partial charge in [-0.1, -0.05) is 24.3 Å². The molecule has 19 heavy (non-hydrogen) atoms. The molecular weight excluding hydrogens is 346 g/mol. The summed E-state index contributed by atoms with van der Waals surface area (Å²) >= 11 is 4.73. The molecule has 102 valence electrons. The first-order chi connectivity index (χ1) is 8.90. The van der Waals surface area contributed by atoms with Gasteiger partial charge in [-0.05, 0) is 47.0 Å². The van der Waals surface area contributed by atoms with Gasteiger partial charge in [-0.3, -0.25) is 0 Å². The molecule has 3 nitrogen and oxygen atoms in total. The minimum absolute atomic E-state index is 0.307. The number of halogens is 1. The molecule has 0 aliphatic carbocycles. The lowest BCUT2D eigenvalue weighted by Gasteiger charge is -2.08. The SMILES string of the molecule is Cc1ccccc1CNS(=O)(=O)c1cc(Br)sc1C. The summed E-state index contributed by atoms with van der Waals surface area (Å²) in [7, 11) is -3.45. The van der Waals surface area contributed by atoms with Gasteiger partial charge in [0.2, 0.25) is 10.0 Å². The van der Waals surface area contributed by atoms with E-state index in [4.69, 9.17) is 0 Å². The smallest absolute Gasteiger partial charge is 0.207 e. The van der Waals surface area contributed by atoms with Crippen LogP contribution in [0.3, 0.4) is 0 Å². The fourth-order valence-electron chi connectivity index (χ4n) is 1.76. The van der Waals surface area contributed by atoms with E-state index in [1.165, 1.54) is 11.3 Å². The minimum atomic E-state index is -3.45. The molecule has 0 saturated carbocycles. The van der Waals surface area contributed by atoms with Crippen LogP contribution in [0, 0.1) is 13.8 Å². The molecule has 2 aromatic rings. The van der Waals surface area contributed by atoms with E-state index in [1.54, 1.807) is 13.0 Å². The molecule has 1 aromatic carbocycles. The maximum absolute atomic E-state index is 12.2. The zero-order valence-corrected chi connectivity index (χ0v) is 13.8. The van der Waals surface area contributed by atoms with E-state index in [0.29, 0.717) is 11.4 Å². The first-order valence-electron chi connectivity index (χ1n) is 5.70. The van der Waals surface area contributed by atoms with E-state index in [-0.39, 0.29) is 0 Å². The molecule has 6 heteroatoms. The zero-order valence-electron chi connectivity index (χ0n) is 10.6. The summed E-state index contributed by atoms with van der Waals surface area (Å²) in [6, 6.07) is 9.38. The van der Waals surface area contributed by atoms with Crippen molar-refractivity contribution < 1.29 is 8.42 Å². The highest BCUT2D eigenvalue weighted by Gasteiger charge is 2.19. The number of hydrogen-bond donors (Lipinski definition) is 1. The highest BCUT2D eigenvalue weighted by molar-refractivity contribution is 9.11. The number of thiophene rings is 1. The second-order valence-electron chi connectivity index (χ2n) is 4.22. The molecule has 0 aliphatic rings. The van der Waals surface area contributed by atoms with Crippen molar-refractivity contribution in [3.05, 3.63) is 50.1 Å². The fraction of sp³-hybridized carbons (Fsp3) is 0.231. The lowest BCUT2D eigenvalue weighted by molar-refractivity contribution is 0.581. The van der Waals surface area contributed by atoms with Crippen LogP contribution in [0.2, 0.25) is 0 Å². The van der Waals surface area contributed by atoms with E-state index in [1.807, 2.05) is 31.2 Å². The van der Waals surface area contributed by atoms with E-state index >= 15 is 0 Å². The van der Waals surface area contributed by atoms with Crippen LogP contribution in [0.4, 0.5) is 0 Å². The largest absolute Gasteiger partial charge is 0.242 e. The fourth-order valence-corrected chi connectivity index (χ4v) is 5.18. The number of hydrogen-bond acceptors (Lipinski definition) is 3. The predicted octanol–water partition coefficient (Wildman–Crippen LogP) is 3.61. The van der Waals surface area contributed by atoms with Gasteiger partial charge in [0.25, 0.3) is 0 Å². The average molecular weight is 360 g/mol. The summed E-state index contributed by atoms with van der Waals surface area (Å²) in [4.78, 5) is 1.13. The standard InChI is InChI=1S/C13H14BrNO2S2/c1-9-5-3-4-6-11(9)8-15-19(16,17)12-7-13(14)18-10(12)2/h3-7,15H,8H2,1-2H3. The molecule has 0 radical (unpaired) electrons. The van der Waals surface area contributed by atoms with Gasteiger partial charge >= 0.3 is 0 Å². The van der Waals surface area contributed by atoms with Gasteiger partial charge in [0.1, 0.15) is 0 Å². The topological polar surface area (TPSA) is 46.2 Å². The van der Waals surface area contributed by atoms with E-state index in [2.05, 4.69) is 20.7 Å². The Hall–Kier alpha value is -0.690. The number of sulfonamides is 1. The van der Waals surface area contributed by atoms with E-state index in [9.17, 15) is 8.42 Å². The van der Waals surface area contributed by atoms with Crippen LogP contribution in [-0.2, 0) is 16.6 Å². The molecule has 0 aliphatic heterocycles. The summed E-state index contributed by atoms with van der Waals surface area (Å²) < 4.78 is 27.9. The summed E-state index contributed by atoms with van der Waals surface area (Å²) in [6.45, 7) is 4.08. The first kappa shape index (κ1) is 14.7. The molecule has 1 heterocycles. The lowest BCUT2D eigenvalue weighted by Crippen LogP contribution is -2.23. The molecular formula is C13H14BrNO2S2. The summed E-state index contributed by atoms with van der Waals surface area (Å²) in [5.74, 6) is 0. The third-order valence-corrected chi connectivity index (χ3v) is 6.06. The average Bonchev–Trinajstić information content (AvgIpc) is 2.68. The number of benzene rings is 1. The van der Waals surface area contributed by atoms with Gasteiger partial charge in [0.05, 0.1) is 8.68 Å². The lowest BCUT2D eigenvalue weighted by atomic mass is 10.1. The Morgan fingerprint density at radius 3 is 2.53 bits per heavy atom. The molecule has 0 unspecified atom stereocenters. The van der Waals surface area contributed by atoms with Crippen LogP contribution >= 0.6 is 27.3 Å². The first-order valence-corrected chi connectivity index (χ1v) is 8.79. The van der Waals surface area contributed by atoms with Crippen LogP contribution in [-0.4, -0.2) is 8.42 Å². The van der Waals surface area contributed by atoms with Crippen molar-refractivity contribution in [2.24, 2.45) is 0 Å². The molecule has 0 amide bonds. The number of rotatable bonds is 4. The van der Waals surface area contributed by atoms with Crippen molar-refractivity contribution in [3.8, 4) is 0 Å². The van der Waals surface area contributed by atoms with Gasteiger partial charge in [-0.15, -0.1) is 11.3 Å². The van der Waals surface area contributed by atoms with Gasteiger partial charge in [-0.2, -0.15) is 0 Å². The van der Waals surface area contributed by atoms with E-state index < -0.39 is 10.0 Å². The Morgan fingerprint density at radius 1 is 1.26 bits per heavy atom. The van der Waals surface area contributed by atoms with Crippen LogP contribution in [0.5, 0.6) is 0 Å². The predicted molar refractivity (Wildman–Crippen MR) is 82.0 cm³/mol. The molecule has 1 N–H and O–H groups in total. The van der Waals surface area contributed by atoms with Crippen molar-refractivity contribution in [3.63, 3.8) is 0 Å². The number of aryl methyl sites for hydroxylation is 2. The third-order valence-electron chi connectivity index (χ3n) is 2.85. The quantitative estimate of drug-likeness (QED) is 0.906. The van der Waals surface area contributed by atoms with Crippen molar-refractivity contribution in [1.82, 2.24) is 4.72 Å². The van der Waals surface area contributed by atoms with Gasteiger partial charge in [0, 0.05) is 11.4 Å². The van der Waals surface area contributed by atoms with Crippen molar-refractivity contribution in [1.29, 1.82) is 0 Å². The van der Waals surface area contributed by atoms with Crippen molar-refractivity contribution in [2.75, 3.05) is 0 Å². The van der Waals surface area contributed by atoms with Crippen LogP contribution in [0.1, 0.15) is 16.0 Å². The second-order valence-corrected chi connectivity index (χ2v) is 8.59. The summed E-state index contributed by atoms with van der Waals surface area (Å²) in [5.41, 5.74) is 2.06. The molecule has 0 bridgehead atoms. The van der Waals surface area contributed by atoms with Crippen molar-refractivity contribution >= 4 is 37.3 Å². The second kappa shape index (κ2) is 5.75. The molecule has 2 rings (SSSR count). The minimum Gasteiger partial charge on any atom is -0.207 e. The van der Waals surface area contributed by atoms with Crippen LogP contribution in [0.15, 0.2) is 39.0 Å². The maximum atomic E-state index is 12.2. The normalized spacial score (nSPS) is 11.7. The molecule has 0 atom stereocenters. The Kier molecular flexibility index (Phi) is 4.45. The van der Waals surface area contributed by atoms with Gasteiger partial charge in [0.15, 0.2) is 0 Å². The van der Waals surface area contributed by atoms with Crippen molar-refractivity contribution in [2.45, 2.75) is 25.3 Å².